The second-order valence-corrected chi connectivity index (χ2v) is 6.03. The van der Waals surface area contributed by atoms with E-state index in [0.29, 0.717) is 11.1 Å². The Kier molecular flexibility index (Phi) is 6.67. The van der Waals surface area contributed by atoms with Crippen LogP contribution in [0.1, 0.15) is 37.0 Å². The Morgan fingerprint density at radius 1 is 1.00 bits per heavy atom. The van der Waals surface area contributed by atoms with Crippen molar-refractivity contribution in [3.8, 4) is 11.8 Å². The van der Waals surface area contributed by atoms with Gasteiger partial charge in [0.25, 0.3) is 0 Å². The molecule has 2 atom stereocenters. The topological polar surface area (TPSA) is 59.3 Å². The number of esters is 1. The Balaban J connectivity index is 2.18. The van der Waals surface area contributed by atoms with E-state index >= 15 is 0 Å². The summed E-state index contributed by atoms with van der Waals surface area (Å²) in [7, 11) is 0. The number of rotatable bonds is 7. The maximum absolute atomic E-state index is 12.7. The van der Waals surface area contributed by atoms with E-state index in [9.17, 15) is 18.8 Å². The molecular formula is C20H19F2NO3. The highest BCUT2D eigenvalue weighted by atomic mass is 19.3. The lowest BCUT2D eigenvalue weighted by Crippen LogP contribution is -2.22. The highest BCUT2D eigenvalue weighted by Gasteiger charge is 2.28. The summed E-state index contributed by atoms with van der Waals surface area (Å²) in [5, 5.41) is 9.32. The first-order chi connectivity index (χ1) is 12.4. The SMILES string of the molecule is CC(C)C(C(=O)OC(C#N)c1ccccc1)c1ccc(OC(F)F)cc1. The molecule has 2 aromatic rings. The van der Waals surface area contributed by atoms with Crippen LogP contribution in [0.2, 0.25) is 0 Å². The van der Waals surface area contributed by atoms with Gasteiger partial charge in [0.1, 0.15) is 11.8 Å². The summed E-state index contributed by atoms with van der Waals surface area (Å²) in [6, 6.07) is 16.6. The van der Waals surface area contributed by atoms with Gasteiger partial charge in [0.2, 0.25) is 6.10 Å². The van der Waals surface area contributed by atoms with Crippen molar-refractivity contribution >= 4 is 5.97 Å². The van der Waals surface area contributed by atoms with Crippen LogP contribution in [-0.4, -0.2) is 12.6 Å². The molecule has 2 aromatic carbocycles. The first-order valence-electron chi connectivity index (χ1n) is 8.12. The number of benzene rings is 2. The number of alkyl halides is 2. The number of carbonyl (C=O) groups is 1. The zero-order valence-corrected chi connectivity index (χ0v) is 14.4. The van der Waals surface area contributed by atoms with E-state index in [1.54, 1.807) is 42.5 Å². The molecule has 2 unspecified atom stereocenters. The average Bonchev–Trinajstić information content (AvgIpc) is 2.61. The lowest BCUT2D eigenvalue weighted by atomic mass is 9.88. The third kappa shape index (κ3) is 5.03. The molecule has 0 spiro atoms. The van der Waals surface area contributed by atoms with Gasteiger partial charge in [-0.25, -0.2) is 0 Å². The highest BCUT2D eigenvalue weighted by Crippen LogP contribution is 2.30. The molecule has 0 heterocycles. The lowest BCUT2D eigenvalue weighted by molar-refractivity contribution is -0.150. The summed E-state index contributed by atoms with van der Waals surface area (Å²) in [4.78, 5) is 12.7. The van der Waals surface area contributed by atoms with E-state index < -0.39 is 24.6 Å². The molecule has 6 heteroatoms. The largest absolute Gasteiger partial charge is 0.441 e. The Morgan fingerprint density at radius 2 is 1.62 bits per heavy atom. The third-order valence-electron chi connectivity index (χ3n) is 3.84. The smallest absolute Gasteiger partial charge is 0.387 e. The standard InChI is InChI=1S/C20H19F2NO3/c1-13(2)18(15-8-10-16(11-9-15)25-20(21)22)19(24)26-17(12-23)14-6-4-3-5-7-14/h3-11,13,17-18,20H,1-2H3. The molecule has 0 N–H and O–H groups in total. The lowest BCUT2D eigenvalue weighted by Gasteiger charge is -2.22. The van der Waals surface area contributed by atoms with Crippen molar-refractivity contribution in [3.05, 3.63) is 65.7 Å². The Bertz CT molecular complexity index is 755. The second kappa shape index (κ2) is 8.95. The van der Waals surface area contributed by atoms with Crippen LogP contribution in [0.3, 0.4) is 0 Å². The van der Waals surface area contributed by atoms with E-state index in [0.717, 1.165) is 0 Å². The molecule has 26 heavy (non-hydrogen) atoms. The maximum Gasteiger partial charge on any atom is 0.387 e. The zero-order chi connectivity index (χ0) is 19.1. The number of carbonyl (C=O) groups excluding carboxylic acids is 1. The minimum atomic E-state index is -2.91. The predicted octanol–water partition coefficient (Wildman–Crippen LogP) is 4.84. The third-order valence-corrected chi connectivity index (χ3v) is 3.84. The molecule has 0 fully saturated rings. The predicted molar refractivity (Wildman–Crippen MR) is 91.5 cm³/mol. The van der Waals surface area contributed by atoms with Crippen molar-refractivity contribution in [2.75, 3.05) is 0 Å². The van der Waals surface area contributed by atoms with Crippen molar-refractivity contribution in [3.63, 3.8) is 0 Å². The van der Waals surface area contributed by atoms with Gasteiger partial charge in [-0.2, -0.15) is 14.0 Å². The van der Waals surface area contributed by atoms with Gasteiger partial charge in [-0.3, -0.25) is 4.79 Å². The molecule has 0 amide bonds. The van der Waals surface area contributed by atoms with Crippen LogP contribution in [0.15, 0.2) is 54.6 Å². The van der Waals surface area contributed by atoms with E-state index in [1.165, 1.54) is 12.1 Å². The fraction of sp³-hybridized carbons (Fsp3) is 0.300. The molecule has 0 saturated heterocycles. The van der Waals surface area contributed by atoms with Gasteiger partial charge >= 0.3 is 12.6 Å². The van der Waals surface area contributed by atoms with Crippen molar-refractivity contribution in [1.29, 1.82) is 5.26 Å². The number of halogens is 2. The van der Waals surface area contributed by atoms with Crippen molar-refractivity contribution in [2.24, 2.45) is 5.92 Å². The minimum Gasteiger partial charge on any atom is -0.441 e. The van der Waals surface area contributed by atoms with Gasteiger partial charge < -0.3 is 9.47 Å². The molecular weight excluding hydrogens is 340 g/mol. The van der Waals surface area contributed by atoms with Crippen LogP contribution >= 0.6 is 0 Å². The first kappa shape index (κ1) is 19.4. The van der Waals surface area contributed by atoms with Crippen molar-refractivity contribution in [2.45, 2.75) is 32.5 Å². The minimum absolute atomic E-state index is 0.0128. The van der Waals surface area contributed by atoms with Crippen LogP contribution < -0.4 is 4.74 Å². The van der Waals surface area contributed by atoms with Crippen molar-refractivity contribution in [1.82, 2.24) is 0 Å². The van der Waals surface area contributed by atoms with Crippen LogP contribution in [0, 0.1) is 17.2 Å². The summed E-state index contributed by atoms with van der Waals surface area (Å²) >= 11 is 0. The Hall–Kier alpha value is -2.94. The summed E-state index contributed by atoms with van der Waals surface area (Å²) in [6.45, 7) is 0.785. The second-order valence-electron chi connectivity index (χ2n) is 6.03. The van der Waals surface area contributed by atoms with E-state index in [1.807, 2.05) is 19.9 Å². The Labute approximate surface area is 151 Å². The number of hydrogen-bond acceptors (Lipinski definition) is 4. The number of hydrogen-bond donors (Lipinski definition) is 0. The van der Waals surface area contributed by atoms with Crippen LogP contribution in [-0.2, 0) is 9.53 Å². The van der Waals surface area contributed by atoms with Crippen LogP contribution in [0.25, 0.3) is 0 Å². The molecule has 0 aliphatic carbocycles. The number of nitriles is 1. The van der Waals surface area contributed by atoms with E-state index in [2.05, 4.69) is 4.74 Å². The first-order valence-corrected chi connectivity index (χ1v) is 8.12. The Morgan fingerprint density at radius 3 is 2.12 bits per heavy atom. The normalized spacial score (nSPS) is 13.1. The maximum atomic E-state index is 12.7. The van der Waals surface area contributed by atoms with E-state index in [4.69, 9.17) is 4.74 Å². The number of nitrogens with zero attached hydrogens (tertiary/aromatic N) is 1. The summed E-state index contributed by atoms with van der Waals surface area (Å²) in [5.41, 5.74) is 1.20. The van der Waals surface area contributed by atoms with Gasteiger partial charge in [0, 0.05) is 5.56 Å². The molecule has 136 valence electrons. The average molecular weight is 359 g/mol. The molecule has 0 radical (unpaired) electrons. The number of ether oxygens (including phenoxy) is 2. The summed E-state index contributed by atoms with van der Waals surface area (Å²) in [6.07, 6.45) is -1.01. The molecule has 0 aliphatic rings. The molecule has 2 rings (SSSR count). The summed E-state index contributed by atoms with van der Waals surface area (Å²) in [5.74, 6) is -1.27. The van der Waals surface area contributed by atoms with Crippen molar-refractivity contribution < 1.29 is 23.0 Å². The van der Waals surface area contributed by atoms with Crippen LogP contribution in [0.5, 0.6) is 5.75 Å². The highest BCUT2D eigenvalue weighted by molar-refractivity contribution is 5.79. The van der Waals surface area contributed by atoms with Gasteiger partial charge in [-0.05, 0) is 23.6 Å². The quantitative estimate of drug-likeness (QED) is 0.664. The molecule has 0 bridgehead atoms. The fourth-order valence-electron chi connectivity index (χ4n) is 2.64. The molecule has 4 nitrogen and oxygen atoms in total. The van der Waals surface area contributed by atoms with Gasteiger partial charge in [0.15, 0.2) is 0 Å². The monoisotopic (exact) mass is 359 g/mol. The fourth-order valence-corrected chi connectivity index (χ4v) is 2.64. The van der Waals surface area contributed by atoms with Crippen LogP contribution in [0.4, 0.5) is 8.78 Å². The van der Waals surface area contributed by atoms with Gasteiger partial charge in [-0.15, -0.1) is 0 Å². The van der Waals surface area contributed by atoms with Gasteiger partial charge in [-0.1, -0.05) is 56.3 Å². The molecule has 0 aromatic heterocycles. The van der Waals surface area contributed by atoms with E-state index in [-0.39, 0.29) is 11.7 Å². The molecule has 0 aliphatic heterocycles. The molecule has 0 saturated carbocycles. The van der Waals surface area contributed by atoms with Gasteiger partial charge in [0.05, 0.1) is 5.92 Å². The summed E-state index contributed by atoms with van der Waals surface area (Å²) < 4.78 is 34.2. The zero-order valence-electron chi connectivity index (χ0n) is 14.4.